The van der Waals surface area contributed by atoms with Crippen LogP contribution in [0.1, 0.15) is 25.8 Å². The first-order valence-electron chi connectivity index (χ1n) is 7.13. The minimum absolute atomic E-state index is 0.0530. The van der Waals surface area contributed by atoms with Gasteiger partial charge in [-0.25, -0.2) is 4.79 Å². The molecule has 21 heavy (non-hydrogen) atoms. The number of benzene rings is 1. The van der Waals surface area contributed by atoms with Crippen molar-refractivity contribution in [2.24, 2.45) is 11.7 Å². The summed E-state index contributed by atoms with van der Waals surface area (Å²) in [6.07, 6.45) is 1.25. The van der Waals surface area contributed by atoms with Crippen LogP contribution in [0.2, 0.25) is 0 Å². The number of nitrogens with two attached hydrogens (primary N) is 1. The molecule has 5 heteroatoms. The predicted molar refractivity (Wildman–Crippen MR) is 81.5 cm³/mol. The number of nitrogens with one attached hydrogen (secondary N) is 1. The molecule has 0 spiro atoms. The van der Waals surface area contributed by atoms with Crippen LogP contribution in [0.3, 0.4) is 0 Å². The summed E-state index contributed by atoms with van der Waals surface area (Å²) in [4.78, 5) is 23.7. The van der Waals surface area contributed by atoms with E-state index in [1.807, 2.05) is 44.2 Å². The first-order chi connectivity index (χ1) is 9.95. The van der Waals surface area contributed by atoms with Gasteiger partial charge >= 0.3 is 5.97 Å². The fourth-order valence-corrected chi connectivity index (χ4v) is 1.98. The SMILES string of the molecule is COC(=O)C(NC(=O)C(N)CCc1ccccc1)C(C)C. The van der Waals surface area contributed by atoms with E-state index in [9.17, 15) is 9.59 Å². The van der Waals surface area contributed by atoms with E-state index in [4.69, 9.17) is 5.73 Å². The lowest BCUT2D eigenvalue weighted by Crippen LogP contribution is -2.51. The number of aryl methyl sites for hydroxylation is 1. The zero-order valence-corrected chi connectivity index (χ0v) is 12.8. The van der Waals surface area contributed by atoms with Gasteiger partial charge in [-0.05, 0) is 24.3 Å². The van der Waals surface area contributed by atoms with Gasteiger partial charge in [-0.15, -0.1) is 0 Å². The van der Waals surface area contributed by atoms with Crippen molar-refractivity contribution in [3.8, 4) is 0 Å². The van der Waals surface area contributed by atoms with Gasteiger partial charge in [-0.1, -0.05) is 44.2 Å². The molecule has 0 aliphatic rings. The van der Waals surface area contributed by atoms with Gasteiger partial charge in [-0.2, -0.15) is 0 Å². The third kappa shape index (κ3) is 5.55. The molecule has 0 bridgehead atoms. The van der Waals surface area contributed by atoms with Gasteiger partial charge in [0.15, 0.2) is 0 Å². The normalized spacial score (nSPS) is 13.6. The highest BCUT2D eigenvalue weighted by Gasteiger charge is 2.26. The molecule has 0 saturated carbocycles. The molecule has 0 aliphatic heterocycles. The Labute approximate surface area is 125 Å². The quantitative estimate of drug-likeness (QED) is 0.741. The topological polar surface area (TPSA) is 81.4 Å². The smallest absolute Gasteiger partial charge is 0.328 e. The van der Waals surface area contributed by atoms with Gasteiger partial charge < -0.3 is 15.8 Å². The first kappa shape index (κ1) is 17.2. The third-order valence-corrected chi connectivity index (χ3v) is 3.34. The summed E-state index contributed by atoms with van der Waals surface area (Å²) in [6, 6.07) is 8.53. The molecule has 0 fully saturated rings. The van der Waals surface area contributed by atoms with Gasteiger partial charge in [0.2, 0.25) is 5.91 Å². The summed E-state index contributed by atoms with van der Waals surface area (Å²) in [5, 5.41) is 2.66. The summed E-state index contributed by atoms with van der Waals surface area (Å²) >= 11 is 0. The summed E-state index contributed by atoms with van der Waals surface area (Å²) in [5.41, 5.74) is 7.02. The van der Waals surface area contributed by atoms with Crippen LogP contribution in [0.5, 0.6) is 0 Å². The van der Waals surface area contributed by atoms with Gasteiger partial charge in [0.25, 0.3) is 0 Å². The van der Waals surface area contributed by atoms with Crippen LogP contribution in [-0.4, -0.2) is 31.1 Å². The second-order valence-corrected chi connectivity index (χ2v) is 5.38. The van der Waals surface area contributed by atoms with E-state index in [0.29, 0.717) is 6.42 Å². The summed E-state index contributed by atoms with van der Waals surface area (Å²) in [6.45, 7) is 3.69. The highest BCUT2D eigenvalue weighted by molar-refractivity contribution is 5.87. The molecule has 0 aliphatic carbocycles. The molecule has 1 amide bonds. The van der Waals surface area contributed by atoms with E-state index in [-0.39, 0.29) is 11.8 Å². The minimum Gasteiger partial charge on any atom is -0.467 e. The Bertz CT molecular complexity index is 460. The van der Waals surface area contributed by atoms with Crippen LogP contribution in [0.25, 0.3) is 0 Å². The maximum absolute atomic E-state index is 12.1. The van der Waals surface area contributed by atoms with E-state index in [2.05, 4.69) is 10.1 Å². The van der Waals surface area contributed by atoms with Crippen molar-refractivity contribution in [3.63, 3.8) is 0 Å². The van der Waals surface area contributed by atoms with Crippen LogP contribution >= 0.6 is 0 Å². The maximum Gasteiger partial charge on any atom is 0.328 e. The average molecular weight is 292 g/mol. The lowest BCUT2D eigenvalue weighted by atomic mass is 10.0. The highest BCUT2D eigenvalue weighted by atomic mass is 16.5. The second-order valence-electron chi connectivity index (χ2n) is 5.38. The Morgan fingerprint density at radius 3 is 2.38 bits per heavy atom. The average Bonchev–Trinajstić information content (AvgIpc) is 2.49. The zero-order chi connectivity index (χ0) is 15.8. The van der Waals surface area contributed by atoms with Crippen LogP contribution in [0.4, 0.5) is 0 Å². The van der Waals surface area contributed by atoms with E-state index < -0.39 is 18.1 Å². The fourth-order valence-electron chi connectivity index (χ4n) is 1.98. The van der Waals surface area contributed by atoms with Crippen LogP contribution in [-0.2, 0) is 20.7 Å². The Morgan fingerprint density at radius 2 is 1.86 bits per heavy atom. The van der Waals surface area contributed by atoms with Crippen molar-refractivity contribution in [3.05, 3.63) is 35.9 Å². The van der Waals surface area contributed by atoms with Crippen LogP contribution in [0.15, 0.2) is 30.3 Å². The van der Waals surface area contributed by atoms with Gasteiger partial charge in [0.1, 0.15) is 6.04 Å². The molecule has 0 aromatic heterocycles. The summed E-state index contributed by atoms with van der Waals surface area (Å²) in [5.74, 6) is -0.827. The Kier molecular flexibility index (Phi) is 6.88. The number of carbonyl (C=O) groups is 2. The molecule has 1 aromatic rings. The Morgan fingerprint density at radius 1 is 1.24 bits per heavy atom. The largest absolute Gasteiger partial charge is 0.467 e. The number of hydrogen-bond donors (Lipinski definition) is 2. The van der Waals surface area contributed by atoms with Gasteiger partial charge in [0.05, 0.1) is 13.2 Å². The van der Waals surface area contributed by atoms with Crippen molar-refractivity contribution in [1.82, 2.24) is 5.32 Å². The number of carbonyl (C=O) groups excluding carboxylic acids is 2. The minimum atomic E-state index is -0.662. The monoisotopic (exact) mass is 292 g/mol. The van der Waals surface area contributed by atoms with Crippen LogP contribution < -0.4 is 11.1 Å². The van der Waals surface area contributed by atoms with Crippen molar-refractivity contribution < 1.29 is 14.3 Å². The molecule has 1 aromatic carbocycles. The third-order valence-electron chi connectivity index (χ3n) is 3.34. The number of ether oxygens (including phenoxy) is 1. The number of esters is 1. The Hall–Kier alpha value is -1.88. The number of rotatable bonds is 7. The lowest BCUT2D eigenvalue weighted by molar-refractivity contribution is -0.146. The van der Waals surface area contributed by atoms with Crippen LogP contribution in [0, 0.1) is 5.92 Å². The Balaban J connectivity index is 2.51. The molecule has 116 valence electrons. The number of hydrogen-bond acceptors (Lipinski definition) is 4. The summed E-state index contributed by atoms with van der Waals surface area (Å²) in [7, 11) is 1.30. The molecule has 0 saturated heterocycles. The zero-order valence-electron chi connectivity index (χ0n) is 12.8. The second kappa shape index (κ2) is 8.42. The van der Waals surface area contributed by atoms with E-state index >= 15 is 0 Å². The molecular weight excluding hydrogens is 268 g/mol. The molecule has 5 nitrogen and oxygen atoms in total. The van der Waals surface area contributed by atoms with Gasteiger partial charge in [0, 0.05) is 0 Å². The highest BCUT2D eigenvalue weighted by Crippen LogP contribution is 2.07. The summed E-state index contributed by atoms with van der Waals surface area (Å²) < 4.78 is 4.69. The van der Waals surface area contributed by atoms with E-state index in [1.165, 1.54) is 7.11 Å². The first-order valence-corrected chi connectivity index (χ1v) is 7.13. The standard InChI is InChI=1S/C16H24N2O3/c1-11(2)14(16(20)21-3)18-15(19)13(17)10-9-12-7-5-4-6-8-12/h4-8,11,13-14H,9-10,17H2,1-3H3,(H,18,19). The van der Waals surface area contributed by atoms with Gasteiger partial charge in [-0.3, -0.25) is 4.79 Å². The van der Waals surface area contributed by atoms with Crippen molar-refractivity contribution in [2.45, 2.75) is 38.8 Å². The molecular formula is C16H24N2O3. The number of amides is 1. The van der Waals surface area contributed by atoms with Crippen molar-refractivity contribution in [2.75, 3.05) is 7.11 Å². The fraction of sp³-hybridized carbons (Fsp3) is 0.500. The van der Waals surface area contributed by atoms with E-state index in [1.54, 1.807) is 0 Å². The lowest BCUT2D eigenvalue weighted by Gasteiger charge is -2.22. The number of methoxy groups -OCH3 is 1. The maximum atomic E-state index is 12.1. The molecule has 3 N–H and O–H groups in total. The molecule has 2 atom stereocenters. The van der Waals surface area contributed by atoms with E-state index in [0.717, 1.165) is 12.0 Å². The predicted octanol–water partition coefficient (Wildman–Crippen LogP) is 1.26. The van der Waals surface area contributed by atoms with Crippen molar-refractivity contribution >= 4 is 11.9 Å². The molecule has 1 rings (SSSR count). The molecule has 0 heterocycles. The molecule has 2 unspecified atom stereocenters. The molecule has 0 radical (unpaired) electrons. The van der Waals surface area contributed by atoms with Crippen molar-refractivity contribution in [1.29, 1.82) is 0 Å².